The van der Waals surface area contributed by atoms with E-state index in [0.717, 1.165) is 22.3 Å². The van der Waals surface area contributed by atoms with Gasteiger partial charge in [-0.15, -0.1) is 0 Å². The summed E-state index contributed by atoms with van der Waals surface area (Å²) in [5.74, 6) is 0.561. The summed E-state index contributed by atoms with van der Waals surface area (Å²) < 4.78 is 5.20. The average Bonchev–Trinajstić information content (AvgIpc) is 2.22. The van der Waals surface area contributed by atoms with Crippen LogP contribution in [0.3, 0.4) is 0 Å². The second kappa shape index (κ2) is 4.56. The maximum atomic E-state index is 11.0. The Bertz CT molecular complexity index is 434. The molecule has 0 aliphatic rings. The van der Waals surface area contributed by atoms with Gasteiger partial charge in [-0.1, -0.05) is 6.92 Å². The molecule has 0 saturated carbocycles. The smallest absolute Gasteiger partial charge is 0.308 e. The van der Waals surface area contributed by atoms with Gasteiger partial charge < -0.3 is 9.84 Å². The van der Waals surface area contributed by atoms with Crippen LogP contribution < -0.4 is 4.74 Å². The van der Waals surface area contributed by atoms with Crippen LogP contribution in [0.5, 0.6) is 11.5 Å². The number of phenols is 1. The lowest BCUT2D eigenvalue weighted by Crippen LogP contribution is -2.07. The van der Waals surface area contributed by atoms with Crippen LogP contribution in [0, 0.1) is 20.8 Å². The Morgan fingerprint density at radius 3 is 2.19 bits per heavy atom. The number of carbonyl (C=O) groups excluding carboxylic acids is 1. The van der Waals surface area contributed by atoms with Crippen molar-refractivity contribution in [3.63, 3.8) is 0 Å². The minimum absolute atomic E-state index is 0.313. The number of hydrogen-bond donors (Lipinski definition) is 1. The van der Waals surface area contributed by atoms with Crippen LogP contribution in [0.4, 0.5) is 0 Å². The van der Waals surface area contributed by atoms with Gasteiger partial charge in [-0.2, -0.15) is 0 Å². The van der Waals surface area contributed by atoms with Crippen molar-refractivity contribution < 1.29 is 14.6 Å². The Morgan fingerprint density at radius 2 is 1.75 bits per heavy atom. The molecule has 0 radical (unpaired) electrons. The van der Waals surface area contributed by atoms with Crippen molar-refractivity contribution in [3.05, 3.63) is 22.3 Å². The van der Waals surface area contributed by atoms with Gasteiger partial charge in [0.25, 0.3) is 0 Å². The molecule has 3 nitrogen and oxygen atoms in total. The normalized spacial score (nSPS) is 10.3. The standard InChI is InChI=1S/C13H18O3/c1-6-11-9(4)13(16-10(5)14)8(3)7(2)12(11)15/h15H,6H2,1-5H3. The van der Waals surface area contributed by atoms with E-state index in [4.69, 9.17) is 4.74 Å². The van der Waals surface area contributed by atoms with Crippen LogP contribution in [0.25, 0.3) is 0 Å². The van der Waals surface area contributed by atoms with Crippen LogP contribution >= 0.6 is 0 Å². The Balaban J connectivity index is 3.48. The van der Waals surface area contributed by atoms with E-state index in [1.165, 1.54) is 6.92 Å². The average molecular weight is 222 g/mol. The fraction of sp³-hybridized carbons (Fsp3) is 0.462. The summed E-state index contributed by atoms with van der Waals surface area (Å²) in [4.78, 5) is 11.0. The maximum Gasteiger partial charge on any atom is 0.308 e. The van der Waals surface area contributed by atoms with Gasteiger partial charge in [0, 0.05) is 12.5 Å². The first-order valence-corrected chi connectivity index (χ1v) is 5.40. The van der Waals surface area contributed by atoms with Crippen LogP contribution in [0.2, 0.25) is 0 Å². The first-order valence-electron chi connectivity index (χ1n) is 5.40. The second-order valence-electron chi connectivity index (χ2n) is 3.98. The van der Waals surface area contributed by atoms with E-state index >= 15 is 0 Å². The molecule has 1 aromatic rings. The van der Waals surface area contributed by atoms with Gasteiger partial charge in [0.05, 0.1) is 0 Å². The van der Waals surface area contributed by atoms with Gasteiger partial charge in [0.2, 0.25) is 0 Å². The zero-order chi connectivity index (χ0) is 12.5. The summed E-state index contributed by atoms with van der Waals surface area (Å²) in [6.07, 6.45) is 0.715. The van der Waals surface area contributed by atoms with Crippen molar-refractivity contribution in [1.82, 2.24) is 0 Å². The Hall–Kier alpha value is -1.51. The van der Waals surface area contributed by atoms with Crippen molar-refractivity contribution >= 4 is 5.97 Å². The fourth-order valence-electron chi connectivity index (χ4n) is 1.90. The molecule has 0 fully saturated rings. The summed E-state index contributed by atoms with van der Waals surface area (Å²) in [6.45, 7) is 8.89. The van der Waals surface area contributed by atoms with Gasteiger partial charge in [-0.3, -0.25) is 4.79 Å². The number of esters is 1. The zero-order valence-corrected chi connectivity index (χ0v) is 10.5. The molecule has 0 unspecified atom stereocenters. The van der Waals surface area contributed by atoms with E-state index in [1.54, 1.807) is 0 Å². The predicted molar refractivity (Wildman–Crippen MR) is 63.0 cm³/mol. The third-order valence-electron chi connectivity index (χ3n) is 2.94. The molecule has 0 bridgehead atoms. The Morgan fingerprint density at radius 1 is 1.19 bits per heavy atom. The van der Waals surface area contributed by atoms with Crippen molar-refractivity contribution in [2.45, 2.75) is 41.0 Å². The predicted octanol–water partition coefficient (Wildman–Crippen LogP) is 2.81. The largest absolute Gasteiger partial charge is 0.507 e. The summed E-state index contributed by atoms with van der Waals surface area (Å²) in [5.41, 5.74) is 3.29. The SMILES string of the molecule is CCc1c(C)c(OC(C)=O)c(C)c(C)c1O. The third-order valence-corrected chi connectivity index (χ3v) is 2.94. The summed E-state index contributed by atoms with van der Waals surface area (Å²) in [5, 5.41) is 9.98. The minimum Gasteiger partial charge on any atom is -0.507 e. The summed E-state index contributed by atoms with van der Waals surface area (Å²) >= 11 is 0. The molecule has 3 heteroatoms. The summed E-state index contributed by atoms with van der Waals surface area (Å²) in [6, 6.07) is 0. The number of rotatable bonds is 2. The van der Waals surface area contributed by atoms with Crippen molar-refractivity contribution in [1.29, 1.82) is 0 Å². The molecule has 16 heavy (non-hydrogen) atoms. The number of carbonyl (C=O) groups is 1. The van der Waals surface area contributed by atoms with Gasteiger partial charge in [-0.05, 0) is 43.9 Å². The van der Waals surface area contributed by atoms with E-state index in [1.807, 2.05) is 27.7 Å². The molecule has 1 aromatic carbocycles. The minimum atomic E-state index is -0.335. The zero-order valence-electron chi connectivity index (χ0n) is 10.5. The molecule has 0 atom stereocenters. The number of aromatic hydroxyl groups is 1. The first-order chi connectivity index (χ1) is 7.40. The highest BCUT2D eigenvalue weighted by Gasteiger charge is 2.17. The van der Waals surface area contributed by atoms with E-state index in [0.29, 0.717) is 17.9 Å². The van der Waals surface area contributed by atoms with Crippen molar-refractivity contribution in [2.75, 3.05) is 0 Å². The van der Waals surface area contributed by atoms with E-state index in [2.05, 4.69) is 0 Å². The molecule has 88 valence electrons. The summed E-state index contributed by atoms with van der Waals surface area (Å²) in [7, 11) is 0. The molecule has 0 aliphatic heterocycles. The van der Waals surface area contributed by atoms with Crippen molar-refractivity contribution in [3.8, 4) is 11.5 Å². The van der Waals surface area contributed by atoms with Gasteiger partial charge in [-0.25, -0.2) is 0 Å². The highest BCUT2D eigenvalue weighted by atomic mass is 16.5. The molecule has 0 heterocycles. The van der Waals surface area contributed by atoms with Gasteiger partial charge in [0.1, 0.15) is 11.5 Å². The Kier molecular flexibility index (Phi) is 3.58. The highest BCUT2D eigenvalue weighted by Crippen LogP contribution is 2.37. The highest BCUT2D eigenvalue weighted by molar-refractivity contribution is 5.72. The monoisotopic (exact) mass is 222 g/mol. The number of phenolic OH excluding ortho intramolecular Hbond substituents is 1. The molecule has 0 aliphatic carbocycles. The van der Waals surface area contributed by atoms with Crippen LogP contribution in [0.1, 0.15) is 36.1 Å². The quantitative estimate of drug-likeness (QED) is 0.618. The number of hydrogen-bond acceptors (Lipinski definition) is 3. The number of ether oxygens (including phenoxy) is 1. The molecular weight excluding hydrogens is 204 g/mol. The molecule has 0 aromatic heterocycles. The van der Waals surface area contributed by atoms with Crippen LogP contribution in [-0.2, 0) is 11.2 Å². The number of benzene rings is 1. The lowest BCUT2D eigenvalue weighted by Gasteiger charge is -2.17. The first kappa shape index (κ1) is 12.6. The molecular formula is C13H18O3. The van der Waals surface area contributed by atoms with Crippen LogP contribution in [-0.4, -0.2) is 11.1 Å². The molecule has 1 N–H and O–H groups in total. The lowest BCUT2D eigenvalue weighted by atomic mass is 9.96. The molecule has 0 spiro atoms. The fourth-order valence-corrected chi connectivity index (χ4v) is 1.90. The molecule has 1 rings (SSSR count). The van der Waals surface area contributed by atoms with Crippen LogP contribution in [0.15, 0.2) is 0 Å². The van der Waals surface area contributed by atoms with E-state index in [-0.39, 0.29) is 5.97 Å². The lowest BCUT2D eigenvalue weighted by molar-refractivity contribution is -0.131. The van der Waals surface area contributed by atoms with E-state index < -0.39 is 0 Å². The topological polar surface area (TPSA) is 46.5 Å². The van der Waals surface area contributed by atoms with Gasteiger partial charge in [0.15, 0.2) is 0 Å². The molecule has 0 amide bonds. The van der Waals surface area contributed by atoms with Gasteiger partial charge >= 0.3 is 5.97 Å². The second-order valence-corrected chi connectivity index (χ2v) is 3.98. The van der Waals surface area contributed by atoms with Crippen molar-refractivity contribution in [2.24, 2.45) is 0 Å². The Labute approximate surface area is 96.1 Å². The van der Waals surface area contributed by atoms with E-state index in [9.17, 15) is 9.90 Å². The molecule has 0 saturated heterocycles. The third kappa shape index (κ3) is 2.03. The maximum absolute atomic E-state index is 11.0.